The Bertz CT molecular complexity index is 831. The fourth-order valence-corrected chi connectivity index (χ4v) is 3.41. The Morgan fingerprint density at radius 2 is 2.15 bits per heavy atom. The molecule has 2 N–H and O–H groups in total. The molecule has 0 aliphatic heterocycles. The van der Waals surface area contributed by atoms with E-state index < -0.39 is 6.10 Å². The van der Waals surface area contributed by atoms with Crippen molar-refractivity contribution in [1.82, 2.24) is 19.7 Å². The molecule has 8 nitrogen and oxygen atoms in total. The summed E-state index contributed by atoms with van der Waals surface area (Å²) >= 11 is 0. The first-order chi connectivity index (χ1) is 12.7. The monoisotopic (exact) mass is 355 g/mol. The Labute approximate surface area is 150 Å². The lowest BCUT2D eigenvalue weighted by Crippen LogP contribution is -2.28. The first-order valence-corrected chi connectivity index (χ1v) is 8.60. The number of aromatic nitrogens is 4. The molecule has 1 fully saturated rings. The van der Waals surface area contributed by atoms with Crippen LogP contribution in [0.25, 0.3) is 11.4 Å². The van der Waals surface area contributed by atoms with Gasteiger partial charge in [-0.15, -0.1) is 0 Å². The summed E-state index contributed by atoms with van der Waals surface area (Å²) in [7, 11) is 1.62. The molecule has 0 spiro atoms. The molecule has 2 heterocycles. The van der Waals surface area contributed by atoms with Crippen LogP contribution in [-0.4, -0.2) is 44.1 Å². The van der Waals surface area contributed by atoms with Crippen molar-refractivity contribution in [2.75, 3.05) is 12.4 Å². The third-order valence-electron chi connectivity index (χ3n) is 4.74. The van der Waals surface area contributed by atoms with E-state index in [1.165, 1.54) is 0 Å². The highest BCUT2D eigenvalue weighted by Crippen LogP contribution is 2.30. The number of aliphatic hydroxyl groups is 1. The average molecular weight is 355 g/mol. The van der Waals surface area contributed by atoms with E-state index in [9.17, 15) is 5.11 Å². The van der Waals surface area contributed by atoms with Gasteiger partial charge in [-0.1, -0.05) is 5.16 Å². The second-order valence-corrected chi connectivity index (χ2v) is 6.57. The normalized spacial score (nSPS) is 22.5. The predicted molar refractivity (Wildman–Crippen MR) is 94.7 cm³/mol. The summed E-state index contributed by atoms with van der Waals surface area (Å²) in [5.74, 6) is 1.65. The number of anilines is 1. The zero-order valence-electron chi connectivity index (χ0n) is 14.4. The number of hydrogen-bond donors (Lipinski definition) is 2. The number of nitrogens with zero attached hydrogens (tertiary/aromatic N) is 4. The average Bonchev–Trinajstić information content (AvgIpc) is 3.39. The van der Waals surface area contributed by atoms with Crippen LogP contribution in [0.1, 0.15) is 12.8 Å². The standard InChI is InChI=1S/C18H21N5O3/c1-25-14-4-2-13(3-5-14)17-21-18(26-22-17)20-15-8-12(9-16(15)24)10-23-7-6-19-11-23/h2-7,11-12,15-16,24H,8-10H2,1H3,(H,20,21,22)/t12?,15-,16-/m1/s1. The molecule has 1 saturated carbocycles. The largest absolute Gasteiger partial charge is 0.497 e. The lowest BCUT2D eigenvalue weighted by molar-refractivity contribution is 0.165. The van der Waals surface area contributed by atoms with Crippen molar-refractivity contribution in [3.05, 3.63) is 43.0 Å². The van der Waals surface area contributed by atoms with Crippen molar-refractivity contribution >= 4 is 6.01 Å². The Morgan fingerprint density at radius 1 is 1.31 bits per heavy atom. The summed E-state index contributed by atoms with van der Waals surface area (Å²) in [5.41, 5.74) is 0.840. The molecule has 2 aromatic heterocycles. The number of methoxy groups -OCH3 is 1. The number of hydrogen-bond acceptors (Lipinski definition) is 7. The lowest BCUT2D eigenvalue weighted by Gasteiger charge is -2.14. The number of rotatable bonds is 6. The molecule has 136 valence electrons. The molecule has 1 unspecified atom stereocenters. The number of imidazole rings is 1. The van der Waals surface area contributed by atoms with Gasteiger partial charge in [0.2, 0.25) is 5.82 Å². The van der Waals surface area contributed by atoms with E-state index in [2.05, 4.69) is 20.4 Å². The van der Waals surface area contributed by atoms with Crippen molar-refractivity contribution < 1.29 is 14.4 Å². The summed E-state index contributed by atoms with van der Waals surface area (Å²) in [6, 6.07) is 7.66. The molecular weight excluding hydrogens is 334 g/mol. The minimum Gasteiger partial charge on any atom is -0.497 e. The topological polar surface area (TPSA) is 98.2 Å². The van der Waals surface area contributed by atoms with E-state index in [1.54, 1.807) is 19.6 Å². The Hall–Kier alpha value is -2.87. The summed E-state index contributed by atoms with van der Waals surface area (Å²) < 4.78 is 12.5. The van der Waals surface area contributed by atoms with Gasteiger partial charge in [-0.25, -0.2) is 4.98 Å². The zero-order valence-corrected chi connectivity index (χ0v) is 14.4. The first kappa shape index (κ1) is 16.6. The van der Waals surface area contributed by atoms with Gasteiger partial charge >= 0.3 is 6.01 Å². The molecule has 0 radical (unpaired) electrons. The van der Waals surface area contributed by atoms with Crippen LogP contribution in [0.2, 0.25) is 0 Å². The second kappa shape index (κ2) is 7.17. The third-order valence-corrected chi connectivity index (χ3v) is 4.74. The lowest BCUT2D eigenvalue weighted by atomic mass is 10.1. The smallest absolute Gasteiger partial charge is 0.322 e. The summed E-state index contributed by atoms with van der Waals surface area (Å²) in [4.78, 5) is 8.43. The Morgan fingerprint density at radius 3 is 2.88 bits per heavy atom. The predicted octanol–water partition coefficient (Wildman–Crippen LogP) is 2.19. The third kappa shape index (κ3) is 3.55. The summed E-state index contributed by atoms with van der Waals surface area (Å²) in [6.45, 7) is 0.843. The maximum Gasteiger partial charge on any atom is 0.322 e. The van der Waals surface area contributed by atoms with Crippen LogP contribution in [0.5, 0.6) is 5.75 Å². The van der Waals surface area contributed by atoms with Gasteiger partial charge in [0, 0.05) is 24.5 Å². The zero-order chi connectivity index (χ0) is 17.9. The second-order valence-electron chi connectivity index (χ2n) is 6.57. The molecule has 4 rings (SSSR count). The molecule has 26 heavy (non-hydrogen) atoms. The van der Waals surface area contributed by atoms with E-state index in [0.29, 0.717) is 17.8 Å². The molecule has 1 aromatic carbocycles. The van der Waals surface area contributed by atoms with Crippen LogP contribution < -0.4 is 10.1 Å². The van der Waals surface area contributed by atoms with E-state index in [0.717, 1.165) is 30.7 Å². The fourth-order valence-electron chi connectivity index (χ4n) is 3.41. The van der Waals surface area contributed by atoms with Gasteiger partial charge in [0.05, 0.1) is 25.6 Å². The molecule has 1 aliphatic carbocycles. The Kier molecular flexibility index (Phi) is 4.57. The Balaban J connectivity index is 1.39. The minimum absolute atomic E-state index is 0.104. The minimum atomic E-state index is -0.445. The van der Waals surface area contributed by atoms with Crippen LogP contribution >= 0.6 is 0 Å². The molecule has 8 heteroatoms. The van der Waals surface area contributed by atoms with Crippen LogP contribution in [-0.2, 0) is 6.54 Å². The number of aliphatic hydroxyl groups excluding tert-OH is 1. The van der Waals surface area contributed by atoms with E-state index in [-0.39, 0.29) is 6.04 Å². The molecule has 0 bridgehead atoms. The molecule has 3 aromatic rings. The number of nitrogens with one attached hydrogen (secondary N) is 1. The molecule has 0 saturated heterocycles. The molecule has 1 aliphatic rings. The molecule has 0 amide bonds. The van der Waals surface area contributed by atoms with Gasteiger partial charge in [-0.2, -0.15) is 4.98 Å². The van der Waals surface area contributed by atoms with Gasteiger partial charge in [0.25, 0.3) is 0 Å². The van der Waals surface area contributed by atoms with Crippen LogP contribution in [0.15, 0.2) is 47.5 Å². The fraction of sp³-hybridized carbons (Fsp3) is 0.389. The van der Waals surface area contributed by atoms with E-state index >= 15 is 0 Å². The van der Waals surface area contributed by atoms with Crippen LogP contribution in [0.3, 0.4) is 0 Å². The van der Waals surface area contributed by atoms with Crippen molar-refractivity contribution in [2.45, 2.75) is 31.5 Å². The maximum atomic E-state index is 10.3. The molecular formula is C18H21N5O3. The van der Waals surface area contributed by atoms with Gasteiger partial charge in [0.1, 0.15) is 5.75 Å². The highest BCUT2D eigenvalue weighted by atomic mass is 16.5. The van der Waals surface area contributed by atoms with Gasteiger partial charge in [0.15, 0.2) is 0 Å². The van der Waals surface area contributed by atoms with Crippen LogP contribution in [0.4, 0.5) is 6.01 Å². The number of benzene rings is 1. The quantitative estimate of drug-likeness (QED) is 0.699. The van der Waals surface area contributed by atoms with Gasteiger partial charge in [-0.05, 0) is 43.0 Å². The number of ether oxygens (including phenoxy) is 1. The van der Waals surface area contributed by atoms with Gasteiger partial charge in [-0.3, -0.25) is 0 Å². The van der Waals surface area contributed by atoms with Crippen molar-refractivity contribution in [1.29, 1.82) is 0 Å². The summed E-state index contributed by atoms with van der Waals surface area (Å²) in [5, 5.41) is 17.5. The van der Waals surface area contributed by atoms with E-state index in [1.807, 2.05) is 35.0 Å². The van der Waals surface area contributed by atoms with Crippen LogP contribution in [0, 0.1) is 5.92 Å². The van der Waals surface area contributed by atoms with Crippen molar-refractivity contribution in [2.24, 2.45) is 5.92 Å². The van der Waals surface area contributed by atoms with E-state index in [4.69, 9.17) is 9.26 Å². The van der Waals surface area contributed by atoms with Crippen molar-refractivity contribution in [3.8, 4) is 17.1 Å². The first-order valence-electron chi connectivity index (χ1n) is 8.60. The summed E-state index contributed by atoms with van der Waals surface area (Å²) in [6.07, 6.45) is 6.62. The highest BCUT2D eigenvalue weighted by Gasteiger charge is 2.34. The molecule has 3 atom stereocenters. The maximum absolute atomic E-state index is 10.3. The SMILES string of the molecule is COc1ccc(-c2noc(N[C@@H]3CC(Cn4ccnc4)C[C@H]3O)n2)cc1. The van der Waals surface area contributed by atoms with Gasteiger partial charge < -0.3 is 24.3 Å². The van der Waals surface area contributed by atoms with Crippen molar-refractivity contribution in [3.63, 3.8) is 0 Å². The highest BCUT2D eigenvalue weighted by molar-refractivity contribution is 5.56.